The van der Waals surface area contributed by atoms with Gasteiger partial charge in [0.05, 0.1) is 36.6 Å². The molecule has 0 saturated carbocycles. The Kier molecular flexibility index (Phi) is 7.06. The van der Waals surface area contributed by atoms with Gasteiger partial charge < -0.3 is 14.0 Å². The predicted molar refractivity (Wildman–Crippen MR) is 143 cm³/mol. The van der Waals surface area contributed by atoms with Gasteiger partial charge in [-0.3, -0.25) is 0 Å². The summed E-state index contributed by atoms with van der Waals surface area (Å²) in [5.41, 5.74) is 2.81. The van der Waals surface area contributed by atoms with E-state index >= 15 is 0 Å². The molecule has 0 spiro atoms. The first kappa shape index (κ1) is 24.5. The van der Waals surface area contributed by atoms with Crippen molar-refractivity contribution in [1.82, 2.24) is 8.87 Å². The summed E-state index contributed by atoms with van der Waals surface area (Å²) in [5.74, 6) is 0.831. The number of sulfonamides is 1. The van der Waals surface area contributed by atoms with Crippen molar-refractivity contribution in [2.45, 2.75) is 11.4 Å². The molecule has 1 aliphatic heterocycles. The third kappa shape index (κ3) is 4.87. The van der Waals surface area contributed by atoms with Crippen LogP contribution in [0.2, 0.25) is 0 Å². The normalized spacial score (nSPS) is 15.3. The van der Waals surface area contributed by atoms with Gasteiger partial charge >= 0.3 is 0 Å². The first-order valence-electron chi connectivity index (χ1n) is 11.6. The molecule has 3 aromatic carbocycles. The maximum Gasteiger partial charge on any atom is 0.243 e. The number of thiazole rings is 1. The van der Waals surface area contributed by atoms with Crippen molar-refractivity contribution < 1.29 is 17.9 Å². The zero-order valence-electron chi connectivity index (χ0n) is 20.0. The Balaban J connectivity index is 1.48. The monoisotopic (exact) mass is 521 g/mol. The van der Waals surface area contributed by atoms with E-state index in [0.29, 0.717) is 38.5 Å². The van der Waals surface area contributed by atoms with E-state index in [4.69, 9.17) is 14.5 Å². The fourth-order valence-corrected chi connectivity index (χ4v) is 6.55. The molecule has 0 aliphatic carbocycles. The van der Waals surface area contributed by atoms with E-state index in [9.17, 15) is 8.42 Å². The molecular weight excluding hydrogens is 494 g/mol. The number of allylic oxidation sites excluding steroid dienone is 1. The van der Waals surface area contributed by atoms with Crippen molar-refractivity contribution in [3.63, 3.8) is 0 Å². The largest absolute Gasteiger partial charge is 0.497 e. The number of methoxy groups -OCH3 is 1. The molecule has 186 valence electrons. The summed E-state index contributed by atoms with van der Waals surface area (Å²) < 4.78 is 40.0. The van der Waals surface area contributed by atoms with Crippen LogP contribution in [0, 0.1) is 0 Å². The number of fused-ring (bicyclic) bond motifs is 1. The molecule has 1 saturated heterocycles. The van der Waals surface area contributed by atoms with Gasteiger partial charge in [-0.15, -0.1) is 17.9 Å². The third-order valence-electron chi connectivity index (χ3n) is 6.12. The highest BCUT2D eigenvalue weighted by Crippen LogP contribution is 2.28. The summed E-state index contributed by atoms with van der Waals surface area (Å²) in [6.45, 7) is 6.10. The number of rotatable bonds is 7. The van der Waals surface area contributed by atoms with Crippen LogP contribution >= 0.6 is 11.3 Å². The molecule has 0 radical (unpaired) electrons. The molecule has 0 unspecified atom stereocenters. The van der Waals surface area contributed by atoms with Gasteiger partial charge in [0, 0.05) is 25.0 Å². The Morgan fingerprint density at radius 1 is 1.06 bits per heavy atom. The maximum absolute atomic E-state index is 12.9. The van der Waals surface area contributed by atoms with Crippen LogP contribution < -0.4 is 9.54 Å². The molecule has 0 N–H and O–H groups in total. The van der Waals surface area contributed by atoms with Gasteiger partial charge in [-0.25, -0.2) is 13.4 Å². The fraction of sp³-hybridized carbons (Fsp3) is 0.222. The number of morpholine rings is 1. The molecule has 4 aromatic rings. The zero-order valence-corrected chi connectivity index (χ0v) is 21.6. The highest BCUT2D eigenvalue weighted by Gasteiger charge is 2.26. The molecule has 2 heterocycles. The van der Waals surface area contributed by atoms with Crippen molar-refractivity contribution in [3.05, 3.63) is 83.5 Å². The highest BCUT2D eigenvalue weighted by molar-refractivity contribution is 7.89. The minimum absolute atomic E-state index is 0.266. The lowest BCUT2D eigenvalue weighted by Crippen LogP contribution is -2.40. The molecule has 36 heavy (non-hydrogen) atoms. The highest BCUT2D eigenvalue weighted by atomic mass is 32.2. The summed E-state index contributed by atoms with van der Waals surface area (Å²) in [7, 11) is -1.87. The number of aromatic nitrogens is 1. The van der Waals surface area contributed by atoms with Crippen LogP contribution in [0.3, 0.4) is 0 Å². The molecule has 1 aromatic heterocycles. The minimum atomic E-state index is -3.53. The molecule has 1 fully saturated rings. The first-order valence-corrected chi connectivity index (χ1v) is 13.9. The van der Waals surface area contributed by atoms with Crippen molar-refractivity contribution in [3.8, 4) is 17.0 Å². The van der Waals surface area contributed by atoms with Gasteiger partial charge in [0.1, 0.15) is 5.75 Å². The smallest absolute Gasteiger partial charge is 0.243 e. The van der Waals surface area contributed by atoms with E-state index in [1.54, 1.807) is 31.4 Å². The van der Waals surface area contributed by atoms with E-state index in [-0.39, 0.29) is 4.90 Å². The first-order chi connectivity index (χ1) is 17.5. The van der Waals surface area contributed by atoms with Crippen LogP contribution in [0.1, 0.15) is 0 Å². The van der Waals surface area contributed by atoms with E-state index in [1.807, 2.05) is 18.2 Å². The van der Waals surface area contributed by atoms with Gasteiger partial charge in [0.25, 0.3) is 0 Å². The third-order valence-corrected chi connectivity index (χ3v) is 8.90. The Bertz CT molecular complexity index is 1560. The average Bonchev–Trinajstić information content (AvgIpc) is 3.31. The van der Waals surface area contributed by atoms with Gasteiger partial charge in [-0.05, 0) is 58.8 Å². The fourth-order valence-electron chi connectivity index (χ4n) is 4.20. The topological polar surface area (TPSA) is 73.1 Å². The minimum Gasteiger partial charge on any atom is -0.497 e. The lowest BCUT2D eigenvalue weighted by atomic mass is 10.1. The van der Waals surface area contributed by atoms with E-state index in [0.717, 1.165) is 32.6 Å². The van der Waals surface area contributed by atoms with Crippen LogP contribution in [-0.2, 0) is 21.3 Å². The summed E-state index contributed by atoms with van der Waals surface area (Å²) >= 11 is 1.54. The van der Waals surface area contributed by atoms with Crippen LogP contribution in [0.15, 0.2) is 88.6 Å². The van der Waals surface area contributed by atoms with Gasteiger partial charge in [0.15, 0.2) is 4.80 Å². The SMILES string of the molecule is C=CCn1c(-c2ccc3cc(OC)ccc3c2)csc1=Nc1ccc(S(=O)(=O)N2CCOCC2)cc1. The second kappa shape index (κ2) is 10.4. The van der Waals surface area contributed by atoms with Crippen LogP contribution in [0.25, 0.3) is 22.0 Å². The van der Waals surface area contributed by atoms with Crippen molar-refractivity contribution in [1.29, 1.82) is 0 Å². The van der Waals surface area contributed by atoms with Crippen LogP contribution in [-0.4, -0.2) is 50.7 Å². The molecule has 5 rings (SSSR count). The molecule has 7 nitrogen and oxygen atoms in total. The van der Waals surface area contributed by atoms with Crippen LogP contribution in [0.5, 0.6) is 5.75 Å². The van der Waals surface area contributed by atoms with Gasteiger partial charge in [-0.2, -0.15) is 4.31 Å². The van der Waals surface area contributed by atoms with Crippen molar-refractivity contribution in [2.75, 3.05) is 33.4 Å². The quantitative estimate of drug-likeness (QED) is 0.327. The molecule has 9 heteroatoms. The molecule has 0 amide bonds. The number of nitrogens with zero attached hydrogens (tertiary/aromatic N) is 3. The number of benzene rings is 3. The summed E-state index contributed by atoms with van der Waals surface area (Å²) in [4.78, 5) is 5.89. The van der Waals surface area contributed by atoms with Gasteiger partial charge in [-0.1, -0.05) is 24.3 Å². The number of ether oxygens (including phenoxy) is 2. The van der Waals surface area contributed by atoms with Crippen LogP contribution in [0.4, 0.5) is 5.69 Å². The second-order valence-electron chi connectivity index (χ2n) is 8.35. The number of hydrogen-bond acceptors (Lipinski definition) is 6. The summed E-state index contributed by atoms with van der Waals surface area (Å²) in [6, 6.07) is 19.1. The van der Waals surface area contributed by atoms with Gasteiger partial charge in [0.2, 0.25) is 10.0 Å². The standard InChI is InChI=1S/C27H27N3O4S2/c1-3-12-30-26(22-5-4-21-18-24(33-2)9-6-20(21)17-22)19-35-27(30)28-23-7-10-25(11-8-23)36(31,32)29-13-15-34-16-14-29/h3-11,17-19H,1,12-16H2,2H3. The maximum atomic E-state index is 12.9. The van der Waals surface area contributed by atoms with E-state index in [1.165, 1.54) is 15.6 Å². The summed E-state index contributed by atoms with van der Waals surface area (Å²) in [6.07, 6.45) is 1.85. The Labute approximate surface area is 214 Å². The Morgan fingerprint density at radius 3 is 2.50 bits per heavy atom. The van der Waals surface area contributed by atoms with Crippen molar-refractivity contribution >= 4 is 37.8 Å². The molecular formula is C27H27N3O4S2. The average molecular weight is 522 g/mol. The van der Waals surface area contributed by atoms with Crippen molar-refractivity contribution in [2.24, 2.45) is 4.99 Å². The Morgan fingerprint density at radius 2 is 1.78 bits per heavy atom. The Hall–Kier alpha value is -3.24. The molecule has 0 atom stereocenters. The lowest BCUT2D eigenvalue weighted by molar-refractivity contribution is 0.0730. The molecule has 0 bridgehead atoms. The molecule has 1 aliphatic rings. The predicted octanol–water partition coefficient (Wildman–Crippen LogP) is 4.82. The lowest BCUT2D eigenvalue weighted by Gasteiger charge is -2.26. The number of hydrogen-bond donors (Lipinski definition) is 0. The van der Waals surface area contributed by atoms with E-state index < -0.39 is 10.0 Å². The summed E-state index contributed by atoms with van der Waals surface area (Å²) in [5, 5.41) is 4.32. The second-order valence-corrected chi connectivity index (χ2v) is 11.1. The zero-order chi connectivity index (χ0) is 25.1. The van der Waals surface area contributed by atoms with E-state index in [2.05, 4.69) is 40.8 Å².